The van der Waals surface area contributed by atoms with Crippen molar-refractivity contribution in [3.05, 3.63) is 91.0 Å². The molecule has 1 N–H and O–H groups in total. The van der Waals surface area contributed by atoms with Crippen molar-refractivity contribution in [3.63, 3.8) is 0 Å². The molecule has 5 rings (SSSR count). The summed E-state index contributed by atoms with van der Waals surface area (Å²) >= 11 is 1.16. The summed E-state index contributed by atoms with van der Waals surface area (Å²) in [6.45, 7) is 0. The highest BCUT2D eigenvalue weighted by atomic mass is 32.2. The number of anilines is 1. The molecule has 0 aliphatic carbocycles. The molecular formula is C26H21N5O3S. The minimum Gasteiger partial charge on any atom is -0.496 e. The van der Waals surface area contributed by atoms with Gasteiger partial charge in [0.05, 0.1) is 29.8 Å². The molecule has 35 heavy (non-hydrogen) atoms. The fraction of sp³-hybridized carbons (Fsp3) is 0.0769. The Balaban J connectivity index is 1.31. The minimum absolute atomic E-state index is 0.0915. The van der Waals surface area contributed by atoms with Crippen molar-refractivity contribution in [2.24, 2.45) is 0 Å². The van der Waals surface area contributed by atoms with Gasteiger partial charge in [0.1, 0.15) is 11.6 Å². The van der Waals surface area contributed by atoms with Gasteiger partial charge in [-0.2, -0.15) is 5.10 Å². The summed E-state index contributed by atoms with van der Waals surface area (Å²) in [6, 6.07) is 28.7. The number of methoxy groups -OCH3 is 1. The van der Waals surface area contributed by atoms with Gasteiger partial charge in [0.2, 0.25) is 5.91 Å². The fourth-order valence-electron chi connectivity index (χ4n) is 3.49. The number of ether oxygens (including phenoxy) is 1. The van der Waals surface area contributed by atoms with Gasteiger partial charge < -0.3 is 14.5 Å². The largest absolute Gasteiger partial charge is 0.496 e. The third-order valence-corrected chi connectivity index (χ3v) is 5.94. The second-order valence-electron chi connectivity index (χ2n) is 7.44. The smallest absolute Gasteiger partial charge is 0.277 e. The monoisotopic (exact) mass is 483 g/mol. The lowest BCUT2D eigenvalue weighted by atomic mass is 10.2. The average molecular weight is 484 g/mol. The maximum Gasteiger partial charge on any atom is 0.277 e. The van der Waals surface area contributed by atoms with Crippen LogP contribution in [0, 0.1) is 0 Å². The molecule has 0 aliphatic rings. The Kier molecular flexibility index (Phi) is 6.58. The number of amides is 1. The van der Waals surface area contributed by atoms with Gasteiger partial charge in [-0.05, 0) is 24.3 Å². The molecule has 174 valence electrons. The summed E-state index contributed by atoms with van der Waals surface area (Å²) in [5.41, 5.74) is 3.26. The van der Waals surface area contributed by atoms with E-state index in [1.807, 2.05) is 91.0 Å². The molecule has 0 bridgehead atoms. The van der Waals surface area contributed by atoms with E-state index in [2.05, 4.69) is 15.5 Å². The Hall–Kier alpha value is -4.37. The van der Waals surface area contributed by atoms with Crippen molar-refractivity contribution in [2.45, 2.75) is 5.22 Å². The van der Waals surface area contributed by atoms with Gasteiger partial charge in [0.15, 0.2) is 0 Å². The number of nitrogens with zero attached hydrogens (tertiary/aromatic N) is 4. The van der Waals surface area contributed by atoms with E-state index in [9.17, 15) is 4.79 Å². The van der Waals surface area contributed by atoms with Crippen molar-refractivity contribution in [3.8, 4) is 34.1 Å². The molecular weight excluding hydrogens is 462 g/mol. The zero-order valence-corrected chi connectivity index (χ0v) is 19.6. The number of carbonyl (C=O) groups is 1. The van der Waals surface area contributed by atoms with E-state index in [4.69, 9.17) is 14.3 Å². The van der Waals surface area contributed by atoms with E-state index in [1.165, 1.54) is 0 Å². The Bertz CT molecular complexity index is 1430. The van der Waals surface area contributed by atoms with Crippen LogP contribution in [-0.4, -0.2) is 38.7 Å². The fourth-order valence-corrected chi connectivity index (χ4v) is 4.05. The van der Waals surface area contributed by atoms with Crippen LogP contribution in [0.2, 0.25) is 0 Å². The van der Waals surface area contributed by atoms with Crippen molar-refractivity contribution in [2.75, 3.05) is 18.2 Å². The molecule has 0 saturated heterocycles. The van der Waals surface area contributed by atoms with Crippen LogP contribution in [0.15, 0.2) is 101 Å². The van der Waals surface area contributed by atoms with E-state index < -0.39 is 0 Å². The van der Waals surface area contributed by atoms with Crippen LogP contribution in [0.5, 0.6) is 5.75 Å². The number of hydrogen-bond donors (Lipinski definition) is 1. The van der Waals surface area contributed by atoms with E-state index in [0.29, 0.717) is 28.2 Å². The standard InChI is InChI=1S/C26H21N5O3S/c1-33-22-15-9-8-14-20(22)25-28-29-26(34-25)35-17-24(32)27-23-16-21(18-10-4-2-5-11-18)30-31(23)19-12-6-3-7-13-19/h2-16H,17H2,1H3,(H,27,32). The van der Waals surface area contributed by atoms with E-state index in [1.54, 1.807) is 11.8 Å². The summed E-state index contributed by atoms with van der Waals surface area (Å²) in [7, 11) is 1.58. The predicted octanol–water partition coefficient (Wildman–Crippen LogP) is 5.33. The van der Waals surface area contributed by atoms with Crippen molar-refractivity contribution in [1.82, 2.24) is 20.0 Å². The van der Waals surface area contributed by atoms with Crippen LogP contribution < -0.4 is 10.1 Å². The van der Waals surface area contributed by atoms with Crippen molar-refractivity contribution in [1.29, 1.82) is 0 Å². The van der Waals surface area contributed by atoms with Crippen LogP contribution in [0.3, 0.4) is 0 Å². The molecule has 9 heteroatoms. The summed E-state index contributed by atoms with van der Waals surface area (Å²) in [5.74, 6) is 1.41. The number of nitrogens with one attached hydrogen (secondary N) is 1. The van der Waals surface area contributed by atoms with Gasteiger partial charge in [0, 0.05) is 11.6 Å². The van der Waals surface area contributed by atoms with Crippen LogP contribution in [0.1, 0.15) is 0 Å². The highest BCUT2D eigenvalue weighted by Crippen LogP contribution is 2.30. The Labute approximate surface area is 206 Å². The summed E-state index contributed by atoms with van der Waals surface area (Å²) in [5, 5.41) is 16.1. The molecule has 0 unspecified atom stereocenters. The second kappa shape index (κ2) is 10.3. The van der Waals surface area contributed by atoms with Gasteiger partial charge >= 0.3 is 0 Å². The molecule has 0 saturated carbocycles. The Morgan fingerprint density at radius 1 is 0.971 bits per heavy atom. The number of hydrogen-bond acceptors (Lipinski definition) is 7. The van der Waals surface area contributed by atoms with Gasteiger partial charge in [0.25, 0.3) is 11.1 Å². The maximum absolute atomic E-state index is 12.8. The average Bonchev–Trinajstić information content (AvgIpc) is 3.56. The lowest BCUT2D eigenvalue weighted by molar-refractivity contribution is -0.113. The number of thioether (sulfide) groups is 1. The quantitative estimate of drug-likeness (QED) is 0.298. The topological polar surface area (TPSA) is 95.1 Å². The van der Waals surface area contributed by atoms with Crippen molar-refractivity contribution < 1.29 is 13.9 Å². The van der Waals surface area contributed by atoms with Gasteiger partial charge in [-0.1, -0.05) is 72.4 Å². The van der Waals surface area contributed by atoms with E-state index in [-0.39, 0.29) is 11.7 Å². The third-order valence-electron chi connectivity index (χ3n) is 5.12. The predicted molar refractivity (Wildman–Crippen MR) is 135 cm³/mol. The molecule has 2 heterocycles. The van der Waals surface area contributed by atoms with Gasteiger partial charge in [-0.25, -0.2) is 4.68 Å². The zero-order chi connectivity index (χ0) is 24.0. The molecule has 5 aromatic rings. The second-order valence-corrected chi connectivity index (χ2v) is 8.37. The summed E-state index contributed by atoms with van der Waals surface area (Å²) in [4.78, 5) is 12.8. The third kappa shape index (κ3) is 5.10. The van der Waals surface area contributed by atoms with Crippen LogP contribution >= 0.6 is 11.8 Å². The molecule has 0 aliphatic heterocycles. The summed E-state index contributed by atoms with van der Waals surface area (Å²) in [6.07, 6.45) is 0. The van der Waals surface area contributed by atoms with Gasteiger partial charge in [-0.3, -0.25) is 4.79 Å². The number of para-hydroxylation sites is 2. The van der Waals surface area contributed by atoms with Crippen LogP contribution in [-0.2, 0) is 4.79 Å². The maximum atomic E-state index is 12.8. The number of rotatable bonds is 8. The Morgan fingerprint density at radius 3 is 2.46 bits per heavy atom. The normalized spacial score (nSPS) is 10.8. The number of benzene rings is 3. The van der Waals surface area contributed by atoms with E-state index in [0.717, 1.165) is 28.7 Å². The zero-order valence-electron chi connectivity index (χ0n) is 18.8. The molecule has 0 spiro atoms. The Morgan fingerprint density at radius 2 is 1.69 bits per heavy atom. The van der Waals surface area contributed by atoms with E-state index >= 15 is 0 Å². The van der Waals surface area contributed by atoms with Crippen LogP contribution in [0.4, 0.5) is 5.82 Å². The molecule has 2 aromatic heterocycles. The molecule has 0 radical (unpaired) electrons. The molecule has 0 fully saturated rings. The first-order chi connectivity index (χ1) is 17.2. The van der Waals surface area contributed by atoms with Gasteiger partial charge in [-0.15, -0.1) is 10.2 Å². The summed E-state index contributed by atoms with van der Waals surface area (Å²) < 4.78 is 12.8. The highest BCUT2D eigenvalue weighted by molar-refractivity contribution is 7.99. The molecule has 3 aromatic carbocycles. The minimum atomic E-state index is -0.219. The highest BCUT2D eigenvalue weighted by Gasteiger charge is 2.17. The van der Waals surface area contributed by atoms with Crippen LogP contribution in [0.25, 0.3) is 28.4 Å². The number of carbonyl (C=O) groups excluding carboxylic acids is 1. The first-order valence-electron chi connectivity index (χ1n) is 10.8. The lowest BCUT2D eigenvalue weighted by Crippen LogP contribution is -2.16. The SMILES string of the molecule is COc1ccccc1-c1nnc(SCC(=O)Nc2cc(-c3ccccc3)nn2-c2ccccc2)o1. The molecule has 8 nitrogen and oxygen atoms in total. The first kappa shape index (κ1) is 22.4. The number of aromatic nitrogens is 4. The van der Waals surface area contributed by atoms with Crippen molar-refractivity contribution >= 4 is 23.5 Å². The molecule has 1 amide bonds. The first-order valence-corrected chi connectivity index (χ1v) is 11.8. The molecule has 0 atom stereocenters. The lowest BCUT2D eigenvalue weighted by Gasteiger charge is -2.08.